The van der Waals surface area contributed by atoms with Gasteiger partial charge >= 0.3 is 0 Å². The van der Waals surface area contributed by atoms with E-state index in [1.807, 2.05) is 42.5 Å². The molecule has 0 saturated heterocycles. The highest BCUT2D eigenvalue weighted by Gasteiger charge is 2.13. The molecule has 6 heteroatoms. The van der Waals surface area contributed by atoms with E-state index in [0.717, 1.165) is 11.4 Å². The average Bonchev–Trinajstić information content (AvgIpc) is 3.13. The van der Waals surface area contributed by atoms with Gasteiger partial charge in [-0.05, 0) is 42.5 Å². The minimum absolute atomic E-state index is 0.164. The van der Waals surface area contributed by atoms with Crippen molar-refractivity contribution in [3.8, 4) is 22.8 Å². The van der Waals surface area contributed by atoms with E-state index in [-0.39, 0.29) is 5.43 Å². The molecule has 0 aliphatic rings. The highest BCUT2D eigenvalue weighted by Crippen LogP contribution is 2.20. The van der Waals surface area contributed by atoms with Crippen LogP contribution in [-0.2, 0) is 0 Å². The fraction of sp³-hybridized carbons (Fsp3) is 0. The lowest BCUT2D eigenvalue weighted by molar-refractivity contribution is 0.823. The molecular formula is C19H13ClN4O. The van der Waals surface area contributed by atoms with Crippen LogP contribution in [0.5, 0.6) is 0 Å². The third-order valence-electron chi connectivity index (χ3n) is 3.79. The van der Waals surface area contributed by atoms with Crippen molar-refractivity contribution in [3.05, 3.63) is 94.4 Å². The van der Waals surface area contributed by atoms with E-state index >= 15 is 0 Å². The summed E-state index contributed by atoms with van der Waals surface area (Å²) < 4.78 is 3.35. The second kappa shape index (κ2) is 6.37. The first-order valence-corrected chi connectivity index (χ1v) is 8.06. The third-order valence-corrected chi connectivity index (χ3v) is 4.04. The first-order chi connectivity index (χ1) is 12.2. The molecule has 0 amide bonds. The van der Waals surface area contributed by atoms with Gasteiger partial charge in [-0.25, -0.2) is 9.36 Å². The van der Waals surface area contributed by atoms with Gasteiger partial charge in [0.25, 0.3) is 0 Å². The Morgan fingerprint density at radius 1 is 0.840 bits per heavy atom. The van der Waals surface area contributed by atoms with E-state index in [1.54, 1.807) is 40.0 Å². The van der Waals surface area contributed by atoms with Crippen molar-refractivity contribution >= 4 is 11.6 Å². The Bertz CT molecular complexity index is 1070. The number of para-hydroxylation sites is 1. The second-order valence-electron chi connectivity index (χ2n) is 5.41. The average molecular weight is 349 g/mol. The van der Waals surface area contributed by atoms with Crippen molar-refractivity contribution in [2.45, 2.75) is 0 Å². The van der Waals surface area contributed by atoms with Crippen molar-refractivity contribution in [2.24, 2.45) is 0 Å². The predicted octanol–water partition coefficient (Wildman–Crippen LogP) is 3.74. The SMILES string of the molecule is O=c1ccn(-c2ccccc2)nc1-c1ccnn1-c1ccc(Cl)cc1. The molecule has 0 N–H and O–H groups in total. The summed E-state index contributed by atoms with van der Waals surface area (Å²) in [6.07, 6.45) is 3.30. The highest BCUT2D eigenvalue weighted by molar-refractivity contribution is 6.30. The van der Waals surface area contributed by atoms with Gasteiger partial charge in [0.05, 0.1) is 23.3 Å². The first-order valence-electron chi connectivity index (χ1n) is 7.68. The molecule has 0 unspecified atom stereocenters. The Morgan fingerprint density at radius 3 is 2.36 bits per heavy atom. The van der Waals surface area contributed by atoms with E-state index in [0.29, 0.717) is 16.4 Å². The summed E-state index contributed by atoms with van der Waals surface area (Å²) in [5, 5.41) is 9.47. The third kappa shape index (κ3) is 2.97. The summed E-state index contributed by atoms with van der Waals surface area (Å²) in [4.78, 5) is 12.4. The van der Waals surface area contributed by atoms with Gasteiger partial charge < -0.3 is 0 Å². The Labute approximate surface area is 148 Å². The summed E-state index contributed by atoms with van der Waals surface area (Å²) in [7, 11) is 0. The molecule has 0 aliphatic carbocycles. The molecular weight excluding hydrogens is 336 g/mol. The maximum absolute atomic E-state index is 12.4. The largest absolute Gasteiger partial charge is 0.287 e. The first kappa shape index (κ1) is 15.4. The van der Waals surface area contributed by atoms with Crippen LogP contribution in [0.25, 0.3) is 22.8 Å². The zero-order valence-corrected chi connectivity index (χ0v) is 13.8. The van der Waals surface area contributed by atoms with Gasteiger partial charge in [0, 0.05) is 17.3 Å². The fourth-order valence-electron chi connectivity index (χ4n) is 2.58. The van der Waals surface area contributed by atoms with Gasteiger partial charge in [0.1, 0.15) is 0 Å². The van der Waals surface area contributed by atoms with Crippen molar-refractivity contribution < 1.29 is 0 Å². The summed E-state index contributed by atoms with van der Waals surface area (Å²) in [6, 6.07) is 20.2. The fourth-order valence-corrected chi connectivity index (χ4v) is 2.71. The van der Waals surface area contributed by atoms with Crippen LogP contribution in [0.15, 0.2) is 83.9 Å². The lowest BCUT2D eigenvalue weighted by atomic mass is 10.2. The lowest BCUT2D eigenvalue weighted by Crippen LogP contribution is -2.14. The molecule has 122 valence electrons. The lowest BCUT2D eigenvalue weighted by Gasteiger charge is -2.09. The van der Waals surface area contributed by atoms with Gasteiger partial charge in [0.15, 0.2) is 5.69 Å². The van der Waals surface area contributed by atoms with Crippen LogP contribution in [0.1, 0.15) is 0 Å². The monoisotopic (exact) mass is 348 g/mol. The summed E-state index contributed by atoms with van der Waals surface area (Å²) in [6.45, 7) is 0. The van der Waals surface area contributed by atoms with Gasteiger partial charge in [-0.1, -0.05) is 29.8 Å². The predicted molar refractivity (Wildman–Crippen MR) is 97.4 cm³/mol. The van der Waals surface area contributed by atoms with Crippen LogP contribution in [-0.4, -0.2) is 19.6 Å². The molecule has 0 spiro atoms. The van der Waals surface area contributed by atoms with E-state index < -0.39 is 0 Å². The number of benzene rings is 2. The molecule has 0 saturated carbocycles. The highest BCUT2D eigenvalue weighted by atomic mass is 35.5. The van der Waals surface area contributed by atoms with Crippen LogP contribution in [0.4, 0.5) is 0 Å². The molecule has 5 nitrogen and oxygen atoms in total. The molecule has 4 aromatic rings. The molecule has 2 aromatic carbocycles. The molecule has 0 radical (unpaired) electrons. The topological polar surface area (TPSA) is 52.7 Å². The molecule has 2 heterocycles. The molecule has 25 heavy (non-hydrogen) atoms. The standard InChI is InChI=1S/C19H13ClN4O/c20-14-6-8-16(9-7-14)24-17(10-12-21-24)19-18(25)11-13-23(22-19)15-4-2-1-3-5-15/h1-13H. The van der Waals surface area contributed by atoms with Crippen molar-refractivity contribution in [2.75, 3.05) is 0 Å². The summed E-state index contributed by atoms with van der Waals surface area (Å²) >= 11 is 5.95. The molecule has 2 aromatic heterocycles. The van der Waals surface area contributed by atoms with E-state index in [2.05, 4.69) is 10.2 Å². The van der Waals surface area contributed by atoms with Crippen molar-refractivity contribution in [3.63, 3.8) is 0 Å². The number of nitrogens with zero attached hydrogens (tertiary/aromatic N) is 4. The van der Waals surface area contributed by atoms with Crippen LogP contribution < -0.4 is 5.43 Å². The van der Waals surface area contributed by atoms with Crippen LogP contribution in [0.3, 0.4) is 0 Å². The van der Waals surface area contributed by atoms with Crippen LogP contribution >= 0.6 is 11.6 Å². The normalized spacial score (nSPS) is 10.8. The molecule has 0 atom stereocenters. The Kier molecular flexibility index (Phi) is 3.91. The van der Waals surface area contributed by atoms with Crippen molar-refractivity contribution in [1.82, 2.24) is 19.6 Å². The zero-order chi connectivity index (χ0) is 17.2. The Morgan fingerprint density at radius 2 is 1.60 bits per heavy atom. The van der Waals surface area contributed by atoms with Crippen molar-refractivity contribution in [1.29, 1.82) is 0 Å². The smallest absolute Gasteiger partial charge is 0.209 e. The number of hydrogen-bond acceptors (Lipinski definition) is 3. The number of aromatic nitrogens is 4. The summed E-state index contributed by atoms with van der Waals surface area (Å²) in [5.41, 5.74) is 2.47. The van der Waals surface area contributed by atoms with Crippen LogP contribution in [0, 0.1) is 0 Å². The molecule has 4 rings (SSSR count). The molecule has 0 fully saturated rings. The quantitative estimate of drug-likeness (QED) is 0.566. The van der Waals surface area contributed by atoms with E-state index in [9.17, 15) is 4.79 Å². The number of rotatable bonds is 3. The summed E-state index contributed by atoms with van der Waals surface area (Å²) in [5.74, 6) is 0. The molecule has 0 bridgehead atoms. The minimum atomic E-state index is -0.164. The second-order valence-corrected chi connectivity index (χ2v) is 5.85. The van der Waals surface area contributed by atoms with Crippen LogP contribution in [0.2, 0.25) is 5.02 Å². The Hall–Kier alpha value is -3.18. The maximum atomic E-state index is 12.4. The Balaban J connectivity index is 1.85. The maximum Gasteiger partial charge on any atom is 0.209 e. The van der Waals surface area contributed by atoms with E-state index in [1.165, 1.54) is 6.07 Å². The van der Waals surface area contributed by atoms with Gasteiger partial charge in [-0.2, -0.15) is 10.2 Å². The minimum Gasteiger partial charge on any atom is -0.287 e. The zero-order valence-electron chi connectivity index (χ0n) is 13.1. The van der Waals surface area contributed by atoms with Gasteiger partial charge in [0.2, 0.25) is 5.43 Å². The van der Waals surface area contributed by atoms with E-state index in [4.69, 9.17) is 11.6 Å². The number of halogens is 1. The van der Waals surface area contributed by atoms with Gasteiger partial charge in [-0.15, -0.1) is 0 Å². The number of hydrogen-bond donors (Lipinski definition) is 0. The molecule has 0 aliphatic heterocycles. The van der Waals surface area contributed by atoms with Gasteiger partial charge in [-0.3, -0.25) is 4.79 Å².